The van der Waals surface area contributed by atoms with Gasteiger partial charge in [0.15, 0.2) is 0 Å². The second-order valence-electron chi connectivity index (χ2n) is 3.53. The SMILES string of the molecule is CC(=O)C(C)NS(=O)(=O)c1ccc(Cl)c(Cl)c1. The number of rotatable bonds is 4. The van der Waals surface area contributed by atoms with E-state index in [0.29, 0.717) is 0 Å². The predicted molar refractivity (Wildman–Crippen MR) is 66.9 cm³/mol. The molecule has 1 unspecified atom stereocenters. The number of hydrogen-bond acceptors (Lipinski definition) is 3. The van der Waals surface area contributed by atoms with Gasteiger partial charge in [0.05, 0.1) is 21.0 Å². The fourth-order valence-electron chi connectivity index (χ4n) is 1.03. The smallest absolute Gasteiger partial charge is 0.241 e. The molecule has 0 saturated carbocycles. The molecular weight excluding hydrogens is 285 g/mol. The molecule has 0 fully saturated rings. The molecule has 4 nitrogen and oxygen atoms in total. The highest BCUT2D eigenvalue weighted by Gasteiger charge is 2.20. The monoisotopic (exact) mass is 295 g/mol. The Kier molecular flexibility index (Phi) is 4.55. The summed E-state index contributed by atoms with van der Waals surface area (Å²) >= 11 is 11.4. The van der Waals surface area contributed by atoms with Crippen LogP contribution in [0.15, 0.2) is 23.1 Å². The Morgan fingerprint density at radius 2 is 1.88 bits per heavy atom. The number of carbonyl (C=O) groups excluding carboxylic acids is 1. The first-order chi connectivity index (χ1) is 7.74. The van der Waals surface area contributed by atoms with Crippen LogP contribution in [-0.2, 0) is 14.8 Å². The van der Waals surface area contributed by atoms with Gasteiger partial charge in [-0.3, -0.25) is 4.79 Å². The van der Waals surface area contributed by atoms with Gasteiger partial charge in [0.2, 0.25) is 10.0 Å². The van der Waals surface area contributed by atoms with E-state index in [1.165, 1.54) is 32.0 Å². The lowest BCUT2D eigenvalue weighted by Gasteiger charge is -2.11. The highest BCUT2D eigenvalue weighted by molar-refractivity contribution is 7.89. The summed E-state index contributed by atoms with van der Waals surface area (Å²) in [5, 5.41) is 0.412. The molecule has 0 saturated heterocycles. The zero-order valence-electron chi connectivity index (χ0n) is 9.20. The van der Waals surface area contributed by atoms with E-state index in [4.69, 9.17) is 23.2 Å². The lowest BCUT2D eigenvalue weighted by molar-refractivity contribution is -0.118. The third-order valence-electron chi connectivity index (χ3n) is 2.14. The summed E-state index contributed by atoms with van der Waals surface area (Å²) in [4.78, 5) is 11.0. The first kappa shape index (κ1) is 14.4. The van der Waals surface area contributed by atoms with E-state index in [0.717, 1.165) is 0 Å². The first-order valence-corrected chi connectivity index (χ1v) is 6.96. The van der Waals surface area contributed by atoms with Crippen LogP contribution in [0.1, 0.15) is 13.8 Å². The van der Waals surface area contributed by atoms with E-state index in [-0.39, 0.29) is 20.7 Å². The highest BCUT2D eigenvalue weighted by Crippen LogP contribution is 2.24. The maximum absolute atomic E-state index is 11.8. The molecule has 1 aromatic carbocycles. The van der Waals surface area contributed by atoms with Gasteiger partial charge in [-0.1, -0.05) is 23.2 Å². The quantitative estimate of drug-likeness (QED) is 0.927. The third kappa shape index (κ3) is 3.67. The van der Waals surface area contributed by atoms with Gasteiger partial charge < -0.3 is 0 Å². The lowest BCUT2D eigenvalue weighted by atomic mass is 10.3. The Hall–Kier alpha value is -0.620. The van der Waals surface area contributed by atoms with Crippen LogP contribution in [0.25, 0.3) is 0 Å². The summed E-state index contributed by atoms with van der Waals surface area (Å²) in [7, 11) is -3.76. The van der Waals surface area contributed by atoms with Gasteiger partial charge in [-0.15, -0.1) is 0 Å². The lowest BCUT2D eigenvalue weighted by Crippen LogP contribution is -2.37. The summed E-state index contributed by atoms with van der Waals surface area (Å²) in [6.45, 7) is 2.78. The molecule has 1 aromatic rings. The molecular formula is C10H11Cl2NO3S. The van der Waals surface area contributed by atoms with Crippen molar-refractivity contribution in [2.24, 2.45) is 0 Å². The Balaban J connectivity index is 3.05. The molecule has 1 atom stereocenters. The number of sulfonamides is 1. The molecule has 0 spiro atoms. The third-order valence-corrected chi connectivity index (χ3v) is 4.42. The number of nitrogens with one attached hydrogen (secondary N) is 1. The standard InChI is InChI=1S/C10H11Cl2NO3S/c1-6(7(2)14)13-17(15,16)8-3-4-9(11)10(12)5-8/h3-6,13H,1-2H3. The number of benzene rings is 1. The van der Waals surface area contributed by atoms with Gasteiger partial charge >= 0.3 is 0 Å². The van der Waals surface area contributed by atoms with Crippen LogP contribution in [0.4, 0.5) is 0 Å². The van der Waals surface area contributed by atoms with Crippen LogP contribution < -0.4 is 4.72 Å². The summed E-state index contributed by atoms with van der Waals surface area (Å²) in [5.74, 6) is -0.270. The van der Waals surface area contributed by atoms with Crippen LogP contribution in [0.2, 0.25) is 10.0 Å². The molecule has 0 aliphatic heterocycles. The number of Topliss-reactive ketones (excluding diaryl/α,β-unsaturated/α-hetero) is 1. The van der Waals surface area contributed by atoms with Gasteiger partial charge in [-0.2, -0.15) is 0 Å². The second-order valence-corrected chi connectivity index (χ2v) is 6.06. The van der Waals surface area contributed by atoms with E-state index >= 15 is 0 Å². The molecule has 0 aliphatic rings. The number of hydrogen-bond donors (Lipinski definition) is 1. The first-order valence-electron chi connectivity index (χ1n) is 4.72. The normalized spacial score (nSPS) is 13.4. The van der Waals surface area contributed by atoms with E-state index < -0.39 is 16.1 Å². The average Bonchev–Trinajstić information content (AvgIpc) is 2.21. The molecule has 1 N–H and O–H groups in total. The average molecular weight is 296 g/mol. The van der Waals surface area contributed by atoms with Crippen LogP contribution in [-0.4, -0.2) is 20.2 Å². The fraction of sp³-hybridized carbons (Fsp3) is 0.300. The van der Waals surface area contributed by atoms with E-state index in [1.54, 1.807) is 0 Å². The van der Waals surface area contributed by atoms with Crippen molar-refractivity contribution >= 4 is 39.0 Å². The number of carbonyl (C=O) groups is 1. The summed E-state index contributed by atoms with van der Waals surface area (Å²) in [6, 6.07) is 3.16. The van der Waals surface area contributed by atoms with Crippen LogP contribution in [0.5, 0.6) is 0 Å². The summed E-state index contributed by atoms with van der Waals surface area (Å²) < 4.78 is 25.9. The zero-order valence-corrected chi connectivity index (χ0v) is 11.5. The Morgan fingerprint density at radius 3 is 2.35 bits per heavy atom. The second kappa shape index (κ2) is 5.35. The van der Waals surface area contributed by atoms with Crippen molar-refractivity contribution in [1.29, 1.82) is 0 Å². The maximum atomic E-state index is 11.8. The van der Waals surface area contributed by atoms with E-state index in [1.807, 2.05) is 0 Å². The molecule has 0 amide bonds. The summed E-state index contributed by atoms with van der Waals surface area (Å²) in [6.07, 6.45) is 0. The molecule has 0 aliphatic carbocycles. The van der Waals surface area contributed by atoms with Crippen molar-refractivity contribution in [3.63, 3.8) is 0 Å². The largest absolute Gasteiger partial charge is 0.298 e. The van der Waals surface area contributed by atoms with Gasteiger partial charge in [-0.05, 0) is 32.0 Å². The minimum atomic E-state index is -3.76. The van der Waals surface area contributed by atoms with Crippen LogP contribution in [0, 0.1) is 0 Å². The Labute approximate surface area is 110 Å². The van der Waals surface area contributed by atoms with Gasteiger partial charge in [0.1, 0.15) is 5.78 Å². The van der Waals surface area contributed by atoms with Crippen molar-refractivity contribution in [3.05, 3.63) is 28.2 Å². The number of halogens is 2. The zero-order chi connectivity index (χ0) is 13.2. The minimum absolute atomic E-state index is 0.0278. The molecule has 0 bridgehead atoms. The van der Waals surface area contributed by atoms with E-state index in [2.05, 4.69) is 4.72 Å². The fourth-order valence-corrected chi connectivity index (χ4v) is 2.68. The Bertz CT molecular complexity index is 542. The minimum Gasteiger partial charge on any atom is -0.298 e. The van der Waals surface area contributed by atoms with Crippen molar-refractivity contribution in [3.8, 4) is 0 Å². The molecule has 17 heavy (non-hydrogen) atoms. The molecule has 1 rings (SSSR count). The van der Waals surface area contributed by atoms with Gasteiger partial charge in [0, 0.05) is 0 Å². The van der Waals surface area contributed by atoms with Crippen LogP contribution >= 0.6 is 23.2 Å². The topological polar surface area (TPSA) is 63.2 Å². The van der Waals surface area contributed by atoms with Crippen molar-refractivity contribution in [1.82, 2.24) is 4.72 Å². The van der Waals surface area contributed by atoms with Crippen LogP contribution in [0.3, 0.4) is 0 Å². The number of ketones is 1. The van der Waals surface area contributed by atoms with E-state index in [9.17, 15) is 13.2 Å². The molecule has 94 valence electrons. The van der Waals surface area contributed by atoms with Crippen molar-refractivity contribution in [2.45, 2.75) is 24.8 Å². The molecule has 0 radical (unpaired) electrons. The van der Waals surface area contributed by atoms with Gasteiger partial charge in [-0.25, -0.2) is 13.1 Å². The molecule has 0 aromatic heterocycles. The molecule has 7 heteroatoms. The highest BCUT2D eigenvalue weighted by atomic mass is 35.5. The van der Waals surface area contributed by atoms with Gasteiger partial charge in [0.25, 0.3) is 0 Å². The maximum Gasteiger partial charge on any atom is 0.241 e. The summed E-state index contributed by atoms with van der Waals surface area (Å²) in [5.41, 5.74) is 0. The van der Waals surface area contributed by atoms with Crippen molar-refractivity contribution in [2.75, 3.05) is 0 Å². The Morgan fingerprint density at radius 1 is 1.29 bits per heavy atom. The predicted octanol–water partition coefficient (Wildman–Crippen LogP) is 2.25. The molecule has 0 heterocycles. The van der Waals surface area contributed by atoms with Crippen molar-refractivity contribution < 1.29 is 13.2 Å².